The molecule has 35 heavy (non-hydrogen) atoms. The van der Waals surface area contributed by atoms with Crippen LogP contribution in [0.2, 0.25) is 0 Å². The molecule has 5 rings (SSSR count). The summed E-state index contributed by atoms with van der Waals surface area (Å²) in [4.78, 5) is 18.8. The van der Waals surface area contributed by atoms with Crippen molar-refractivity contribution in [2.45, 2.75) is 43.2 Å². The van der Waals surface area contributed by atoms with Crippen LogP contribution in [0, 0.1) is 0 Å². The van der Waals surface area contributed by atoms with E-state index in [1.807, 2.05) is 4.90 Å². The van der Waals surface area contributed by atoms with Crippen molar-refractivity contribution in [2.75, 3.05) is 37.0 Å². The van der Waals surface area contributed by atoms with Crippen LogP contribution in [-0.2, 0) is 15.7 Å². The van der Waals surface area contributed by atoms with Gasteiger partial charge in [-0.1, -0.05) is 0 Å². The predicted molar refractivity (Wildman–Crippen MR) is 117 cm³/mol. The van der Waals surface area contributed by atoms with Gasteiger partial charge in [-0.2, -0.15) is 13.2 Å². The highest BCUT2D eigenvalue weighted by molar-refractivity contribution is 5.83. The van der Waals surface area contributed by atoms with Crippen LogP contribution in [0.5, 0.6) is 0 Å². The lowest BCUT2D eigenvalue weighted by molar-refractivity contribution is -0.137. The minimum atomic E-state index is -4.43. The van der Waals surface area contributed by atoms with Crippen molar-refractivity contribution in [3.05, 3.63) is 36.5 Å². The average molecular weight is 495 g/mol. The van der Waals surface area contributed by atoms with E-state index in [4.69, 9.17) is 9.47 Å². The molecule has 0 amide bonds. The third kappa shape index (κ3) is 4.49. The van der Waals surface area contributed by atoms with Gasteiger partial charge in [-0.15, -0.1) is 0 Å². The van der Waals surface area contributed by atoms with E-state index in [0.717, 1.165) is 12.3 Å². The maximum atomic E-state index is 12.8. The zero-order chi connectivity index (χ0) is 24.7. The first-order chi connectivity index (χ1) is 16.8. The lowest BCUT2D eigenvalue weighted by atomic mass is 10.1. The summed E-state index contributed by atoms with van der Waals surface area (Å²) in [5, 5.41) is 24.0. The standard InChI is InChI=1S/C21H24F3N7O4/c1-34-8-13-16(32)17(33)20(35-13)31-10-28-15-18(26-9-27-19(15)31)29-12-4-5-30(7-12)14-3-2-11(6-25-14)21(22,23)24/h2-3,6,9-10,12-13,16-17,20,32-33H,4-5,7-8H2,1H3,(H,26,27,29)/t12-,13+,16-,17-,20+/m0/s1. The number of alkyl halides is 3. The number of nitrogens with one attached hydrogen (secondary N) is 1. The third-order valence-electron chi connectivity index (χ3n) is 6.23. The van der Waals surface area contributed by atoms with E-state index >= 15 is 0 Å². The number of ether oxygens (including phenoxy) is 2. The number of pyridine rings is 1. The number of aliphatic hydroxyl groups excluding tert-OH is 2. The molecule has 2 saturated heterocycles. The first-order valence-corrected chi connectivity index (χ1v) is 11.0. The Balaban J connectivity index is 1.30. The van der Waals surface area contributed by atoms with Gasteiger partial charge in [0.05, 0.1) is 18.5 Å². The van der Waals surface area contributed by atoms with Gasteiger partial charge in [0.15, 0.2) is 23.2 Å². The number of rotatable bonds is 6. The second kappa shape index (κ2) is 9.18. The van der Waals surface area contributed by atoms with Crippen LogP contribution in [0.15, 0.2) is 31.0 Å². The molecule has 0 radical (unpaired) electrons. The molecule has 5 atom stereocenters. The zero-order valence-corrected chi connectivity index (χ0v) is 18.6. The van der Waals surface area contributed by atoms with Crippen LogP contribution < -0.4 is 10.2 Å². The largest absolute Gasteiger partial charge is 0.417 e. The van der Waals surface area contributed by atoms with Crippen molar-refractivity contribution in [1.29, 1.82) is 0 Å². The molecule has 0 aromatic carbocycles. The Kier molecular flexibility index (Phi) is 6.21. The van der Waals surface area contributed by atoms with Gasteiger partial charge in [0, 0.05) is 32.4 Å². The van der Waals surface area contributed by atoms with Crippen molar-refractivity contribution in [1.82, 2.24) is 24.5 Å². The Hall–Kier alpha value is -3.07. The summed E-state index contributed by atoms with van der Waals surface area (Å²) < 4.78 is 50.8. The molecule has 0 saturated carbocycles. The molecule has 2 fully saturated rings. The fourth-order valence-corrected chi connectivity index (χ4v) is 4.43. The Bertz CT molecular complexity index is 1180. The van der Waals surface area contributed by atoms with Crippen molar-refractivity contribution in [3.63, 3.8) is 0 Å². The highest BCUT2D eigenvalue weighted by Crippen LogP contribution is 2.33. The van der Waals surface area contributed by atoms with Gasteiger partial charge in [0.1, 0.15) is 30.5 Å². The number of hydrogen-bond acceptors (Lipinski definition) is 10. The second-order valence-electron chi connectivity index (χ2n) is 8.53. The van der Waals surface area contributed by atoms with Crippen molar-refractivity contribution < 1.29 is 32.9 Å². The molecule has 5 heterocycles. The SMILES string of the molecule is COC[C@H]1O[C@@H](n2cnc3c(N[C@H]4CCN(c5ccc(C(F)(F)F)cn5)C4)ncnc32)[C@@H](O)[C@H]1O. The summed E-state index contributed by atoms with van der Waals surface area (Å²) in [5.74, 6) is 0.943. The van der Waals surface area contributed by atoms with Gasteiger partial charge in [-0.3, -0.25) is 4.57 Å². The summed E-state index contributed by atoms with van der Waals surface area (Å²) in [5.41, 5.74) is 0.0849. The van der Waals surface area contributed by atoms with Crippen LogP contribution in [0.3, 0.4) is 0 Å². The van der Waals surface area contributed by atoms with E-state index in [0.29, 0.717) is 42.3 Å². The third-order valence-corrected chi connectivity index (χ3v) is 6.23. The number of nitrogens with zero attached hydrogens (tertiary/aromatic N) is 6. The Morgan fingerprint density at radius 1 is 1.17 bits per heavy atom. The van der Waals surface area contributed by atoms with Gasteiger partial charge < -0.3 is 29.9 Å². The smallest absolute Gasteiger partial charge is 0.387 e. The predicted octanol–water partition coefficient (Wildman–Crippen LogP) is 1.20. The monoisotopic (exact) mass is 495 g/mol. The lowest BCUT2D eigenvalue weighted by Crippen LogP contribution is -2.33. The minimum Gasteiger partial charge on any atom is -0.387 e. The number of anilines is 2. The molecule has 0 unspecified atom stereocenters. The Morgan fingerprint density at radius 3 is 2.71 bits per heavy atom. The molecule has 3 aromatic rings. The van der Waals surface area contributed by atoms with Gasteiger partial charge in [-0.25, -0.2) is 19.9 Å². The van der Waals surface area contributed by atoms with E-state index < -0.39 is 36.3 Å². The molecule has 2 aliphatic heterocycles. The maximum Gasteiger partial charge on any atom is 0.417 e. The molecule has 0 bridgehead atoms. The van der Waals surface area contributed by atoms with Gasteiger partial charge in [-0.05, 0) is 18.6 Å². The van der Waals surface area contributed by atoms with Gasteiger partial charge >= 0.3 is 6.18 Å². The molecule has 188 valence electrons. The van der Waals surface area contributed by atoms with Crippen LogP contribution in [0.4, 0.5) is 24.8 Å². The summed E-state index contributed by atoms with van der Waals surface area (Å²) in [7, 11) is 1.48. The fraction of sp³-hybridized carbons (Fsp3) is 0.524. The Labute approximate surface area is 197 Å². The number of hydrogen-bond donors (Lipinski definition) is 3. The number of methoxy groups -OCH3 is 1. The van der Waals surface area contributed by atoms with E-state index in [2.05, 4.69) is 25.3 Å². The summed E-state index contributed by atoms with van der Waals surface area (Å²) in [6.07, 6.45) is -3.96. The summed E-state index contributed by atoms with van der Waals surface area (Å²) >= 11 is 0. The molecule has 11 nitrogen and oxygen atoms in total. The zero-order valence-electron chi connectivity index (χ0n) is 18.6. The second-order valence-corrected chi connectivity index (χ2v) is 8.53. The topological polar surface area (TPSA) is 131 Å². The van der Waals surface area contributed by atoms with Gasteiger partial charge in [0.25, 0.3) is 0 Å². The molecular formula is C21H24F3N7O4. The van der Waals surface area contributed by atoms with Crippen LogP contribution in [0.1, 0.15) is 18.2 Å². The van der Waals surface area contributed by atoms with E-state index in [9.17, 15) is 23.4 Å². The highest BCUT2D eigenvalue weighted by atomic mass is 19.4. The molecule has 3 N–H and O–H groups in total. The maximum absolute atomic E-state index is 12.8. The summed E-state index contributed by atoms with van der Waals surface area (Å²) in [6, 6.07) is 2.34. The molecule has 14 heteroatoms. The quantitative estimate of drug-likeness (QED) is 0.459. The van der Waals surface area contributed by atoms with Crippen molar-refractivity contribution >= 4 is 22.8 Å². The van der Waals surface area contributed by atoms with Crippen LogP contribution >= 0.6 is 0 Å². The highest BCUT2D eigenvalue weighted by Gasteiger charge is 2.44. The number of halogens is 3. The molecular weight excluding hydrogens is 471 g/mol. The number of imidazole rings is 1. The first-order valence-electron chi connectivity index (χ1n) is 11.0. The van der Waals surface area contributed by atoms with Crippen LogP contribution in [0.25, 0.3) is 11.2 Å². The lowest BCUT2D eigenvalue weighted by Gasteiger charge is -2.19. The molecule has 0 aliphatic carbocycles. The average Bonchev–Trinajstić information content (AvgIpc) is 3.54. The first kappa shape index (κ1) is 23.7. The molecule has 3 aromatic heterocycles. The fourth-order valence-electron chi connectivity index (χ4n) is 4.43. The van der Waals surface area contributed by atoms with Crippen LogP contribution in [-0.4, -0.2) is 85.9 Å². The number of aromatic nitrogens is 5. The number of aliphatic hydroxyl groups is 2. The van der Waals surface area contributed by atoms with E-state index in [1.165, 1.54) is 25.8 Å². The molecule has 2 aliphatic rings. The van der Waals surface area contributed by atoms with Gasteiger partial charge in [0.2, 0.25) is 0 Å². The van der Waals surface area contributed by atoms with Crippen molar-refractivity contribution in [3.8, 4) is 0 Å². The number of fused-ring (bicyclic) bond motifs is 1. The summed E-state index contributed by atoms with van der Waals surface area (Å²) in [6.45, 7) is 1.24. The van der Waals surface area contributed by atoms with E-state index in [1.54, 1.807) is 4.57 Å². The van der Waals surface area contributed by atoms with Crippen molar-refractivity contribution in [2.24, 2.45) is 0 Å². The normalized spacial score (nSPS) is 27.1. The minimum absolute atomic E-state index is 0.0523. The van der Waals surface area contributed by atoms with E-state index in [-0.39, 0.29) is 12.6 Å². The Morgan fingerprint density at radius 2 is 2.00 bits per heavy atom. The molecule has 0 spiro atoms.